The lowest BCUT2D eigenvalue weighted by Crippen LogP contribution is -2.49. The third kappa shape index (κ3) is 5.92. The van der Waals surface area contributed by atoms with Crippen molar-refractivity contribution in [3.63, 3.8) is 0 Å². The Kier molecular flexibility index (Phi) is 8.70. The van der Waals surface area contributed by atoms with Crippen LogP contribution in [-0.2, 0) is 0 Å². The molecule has 0 amide bonds. The Balaban J connectivity index is 1.91. The summed E-state index contributed by atoms with van der Waals surface area (Å²) in [6.45, 7) is 11.6. The highest BCUT2D eigenvalue weighted by Crippen LogP contribution is 2.30. The summed E-state index contributed by atoms with van der Waals surface area (Å²) in [6.07, 6.45) is 1.06. The first-order chi connectivity index (χ1) is 13.5. The molecule has 2 unspecified atom stereocenters. The summed E-state index contributed by atoms with van der Waals surface area (Å²) in [7, 11) is 5.20. The number of guanidine groups is 1. The van der Waals surface area contributed by atoms with Crippen LogP contribution in [0.3, 0.4) is 0 Å². The van der Waals surface area contributed by atoms with Gasteiger partial charge < -0.3 is 25.0 Å². The van der Waals surface area contributed by atoms with E-state index < -0.39 is 0 Å². The van der Waals surface area contributed by atoms with Crippen LogP contribution in [0.4, 0.5) is 5.69 Å². The van der Waals surface area contributed by atoms with E-state index >= 15 is 0 Å². The Morgan fingerprint density at radius 2 is 1.86 bits per heavy atom. The predicted octanol–water partition coefficient (Wildman–Crippen LogP) is 2.18. The Morgan fingerprint density at radius 1 is 1.21 bits per heavy atom. The molecular formula is C21H37N5O2. The Bertz CT molecular complexity index is 611. The number of nitrogens with zero attached hydrogens (tertiary/aromatic N) is 3. The fourth-order valence-electron chi connectivity index (χ4n) is 3.70. The molecule has 0 radical (unpaired) electrons. The summed E-state index contributed by atoms with van der Waals surface area (Å²) in [4.78, 5) is 9.20. The van der Waals surface area contributed by atoms with Crippen LogP contribution in [0.15, 0.2) is 23.2 Å². The molecule has 1 aliphatic rings. The minimum atomic E-state index is 0.354. The maximum absolute atomic E-state index is 5.40. The predicted molar refractivity (Wildman–Crippen MR) is 117 cm³/mol. The minimum absolute atomic E-state index is 0.354. The monoisotopic (exact) mass is 391 g/mol. The standard InChI is InChI=1S/C21H37N5O2/c1-7-25(8-2)16(3)14-23-21(22-4)24-17-9-10-26(15-17)18-11-19(27-5)13-20(12-18)28-6/h11-13,16-17H,7-10,14-15H2,1-6H3,(H2,22,23,24). The molecule has 2 rings (SSSR count). The number of likely N-dealkylation sites (N-methyl/N-ethyl adjacent to an activating group) is 1. The number of hydrogen-bond donors (Lipinski definition) is 2. The second-order valence-electron chi connectivity index (χ2n) is 7.17. The van der Waals surface area contributed by atoms with Gasteiger partial charge in [-0.05, 0) is 26.4 Å². The first-order valence-electron chi connectivity index (χ1n) is 10.2. The average Bonchev–Trinajstić information content (AvgIpc) is 3.20. The van der Waals surface area contributed by atoms with E-state index in [1.165, 1.54) is 0 Å². The first kappa shape index (κ1) is 22.1. The van der Waals surface area contributed by atoms with Gasteiger partial charge in [0.1, 0.15) is 11.5 Å². The molecule has 1 saturated heterocycles. The van der Waals surface area contributed by atoms with Crippen molar-refractivity contribution in [3.05, 3.63) is 18.2 Å². The SMILES string of the molecule is CCN(CC)C(C)CNC(=NC)NC1CCN(c2cc(OC)cc(OC)c2)C1. The zero-order valence-corrected chi connectivity index (χ0v) is 18.3. The lowest BCUT2D eigenvalue weighted by atomic mass is 10.2. The zero-order chi connectivity index (χ0) is 20.5. The summed E-state index contributed by atoms with van der Waals surface area (Å²) >= 11 is 0. The van der Waals surface area contributed by atoms with Crippen molar-refractivity contribution < 1.29 is 9.47 Å². The molecule has 1 aromatic rings. The molecule has 0 aromatic heterocycles. The molecule has 7 nitrogen and oxygen atoms in total. The fourth-order valence-corrected chi connectivity index (χ4v) is 3.70. The van der Waals surface area contributed by atoms with E-state index in [4.69, 9.17) is 9.47 Å². The van der Waals surface area contributed by atoms with Crippen LogP contribution in [0.2, 0.25) is 0 Å². The third-order valence-electron chi connectivity index (χ3n) is 5.45. The van der Waals surface area contributed by atoms with Gasteiger partial charge in [0.15, 0.2) is 5.96 Å². The minimum Gasteiger partial charge on any atom is -0.497 e. The van der Waals surface area contributed by atoms with E-state index in [1.807, 2.05) is 13.1 Å². The highest BCUT2D eigenvalue weighted by Gasteiger charge is 2.24. The van der Waals surface area contributed by atoms with Crippen molar-refractivity contribution >= 4 is 11.6 Å². The topological polar surface area (TPSA) is 61.4 Å². The average molecular weight is 392 g/mol. The maximum Gasteiger partial charge on any atom is 0.191 e. The Morgan fingerprint density at radius 3 is 2.39 bits per heavy atom. The normalized spacial score (nSPS) is 18.3. The molecular weight excluding hydrogens is 354 g/mol. The number of aliphatic imine (C=N–C) groups is 1. The lowest BCUT2D eigenvalue weighted by Gasteiger charge is -2.27. The molecule has 0 spiro atoms. The van der Waals surface area contributed by atoms with Crippen LogP contribution in [-0.4, -0.2) is 76.9 Å². The molecule has 1 aromatic carbocycles. The molecule has 1 aliphatic heterocycles. The zero-order valence-electron chi connectivity index (χ0n) is 18.3. The third-order valence-corrected chi connectivity index (χ3v) is 5.45. The van der Waals surface area contributed by atoms with Crippen LogP contribution in [0, 0.1) is 0 Å². The van der Waals surface area contributed by atoms with E-state index in [-0.39, 0.29) is 0 Å². The second-order valence-corrected chi connectivity index (χ2v) is 7.17. The smallest absolute Gasteiger partial charge is 0.191 e. The number of rotatable bonds is 9. The molecule has 0 aliphatic carbocycles. The van der Waals surface area contributed by atoms with Gasteiger partial charge in [-0.3, -0.25) is 9.89 Å². The summed E-state index contributed by atoms with van der Waals surface area (Å²) in [5, 5.41) is 7.04. The van der Waals surface area contributed by atoms with Gasteiger partial charge in [-0.2, -0.15) is 0 Å². The lowest BCUT2D eigenvalue weighted by molar-refractivity contribution is 0.231. The van der Waals surface area contributed by atoms with Gasteiger partial charge in [0.25, 0.3) is 0 Å². The molecule has 7 heteroatoms. The van der Waals surface area contributed by atoms with Crippen molar-refractivity contribution in [2.45, 2.75) is 39.3 Å². The summed E-state index contributed by atoms with van der Waals surface area (Å²) in [6, 6.07) is 6.84. The van der Waals surface area contributed by atoms with Gasteiger partial charge >= 0.3 is 0 Å². The summed E-state index contributed by atoms with van der Waals surface area (Å²) < 4.78 is 10.8. The fraction of sp³-hybridized carbons (Fsp3) is 0.667. The van der Waals surface area contributed by atoms with E-state index in [2.05, 4.69) is 58.3 Å². The van der Waals surface area contributed by atoms with Crippen molar-refractivity contribution in [3.8, 4) is 11.5 Å². The molecule has 0 bridgehead atoms. The molecule has 28 heavy (non-hydrogen) atoms. The van der Waals surface area contributed by atoms with Gasteiger partial charge in [-0.25, -0.2) is 0 Å². The number of benzene rings is 1. The van der Waals surface area contributed by atoms with Gasteiger partial charge in [0.05, 0.1) is 14.2 Å². The number of nitrogens with one attached hydrogen (secondary N) is 2. The molecule has 1 fully saturated rings. The maximum atomic E-state index is 5.40. The Labute approximate surface area is 170 Å². The highest BCUT2D eigenvalue weighted by atomic mass is 16.5. The van der Waals surface area contributed by atoms with Crippen LogP contribution in [0.5, 0.6) is 11.5 Å². The number of methoxy groups -OCH3 is 2. The van der Waals surface area contributed by atoms with Crippen molar-refractivity contribution in [2.75, 3.05) is 58.9 Å². The summed E-state index contributed by atoms with van der Waals surface area (Å²) in [5.74, 6) is 2.50. The number of hydrogen-bond acceptors (Lipinski definition) is 5. The van der Waals surface area contributed by atoms with Gasteiger partial charge in [-0.1, -0.05) is 13.8 Å². The molecule has 2 N–H and O–H groups in total. The summed E-state index contributed by atoms with van der Waals surface area (Å²) in [5.41, 5.74) is 1.12. The van der Waals surface area contributed by atoms with Crippen molar-refractivity contribution in [2.24, 2.45) is 4.99 Å². The van der Waals surface area contributed by atoms with Crippen molar-refractivity contribution in [1.29, 1.82) is 0 Å². The quantitative estimate of drug-likeness (QED) is 0.497. The van der Waals surface area contributed by atoms with Crippen LogP contribution in [0.25, 0.3) is 0 Å². The molecule has 158 valence electrons. The van der Waals surface area contributed by atoms with E-state index in [1.54, 1.807) is 14.2 Å². The van der Waals surface area contributed by atoms with Crippen LogP contribution < -0.4 is 25.0 Å². The van der Waals surface area contributed by atoms with Crippen LogP contribution in [0.1, 0.15) is 27.2 Å². The molecule has 1 heterocycles. The van der Waals surface area contributed by atoms with Gasteiger partial charge in [-0.15, -0.1) is 0 Å². The number of anilines is 1. The van der Waals surface area contributed by atoms with E-state index in [9.17, 15) is 0 Å². The van der Waals surface area contributed by atoms with E-state index in [0.717, 1.165) is 62.3 Å². The van der Waals surface area contributed by atoms with Crippen molar-refractivity contribution in [1.82, 2.24) is 15.5 Å². The molecule has 0 saturated carbocycles. The second kappa shape index (κ2) is 11.0. The largest absolute Gasteiger partial charge is 0.497 e. The Hall–Kier alpha value is -2.15. The number of ether oxygens (including phenoxy) is 2. The van der Waals surface area contributed by atoms with Gasteiger partial charge in [0, 0.05) is 62.7 Å². The van der Waals surface area contributed by atoms with Crippen LogP contribution >= 0.6 is 0 Å². The first-order valence-corrected chi connectivity index (χ1v) is 10.2. The van der Waals surface area contributed by atoms with Gasteiger partial charge in [0.2, 0.25) is 0 Å². The molecule has 2 atom stereocenters. The highest BCUT2D eigenvalue weighted by molar-refractivity contribution is 5.80. The van der Waals surface area contributed by atoms with E-state index in [0.29, 0.717) is 12.1 Å².